The minimum absolute atomic E-state index is 0.238. The summed E-state index contributed by atoms with van der Waals surface area (Å²) in [5.74, 6) is 0.938. The van der Waals surface area contributed by atoms with Crippen LogP contribution in [0.25, 0.3) is 11.4 Å². The number of rotatable bonds is 10. The van der Waals surface area contributed by atoms with Crippen molar-refractivity contribution in [2.75, 3.05) is 52.8 Å². The number of benzene rings is 1. The molecular weight excluding hydrogens is 330 g/mol. The topological polar surface area (TPSA) is 79.4 Å². The number of methoxy groups -OCH3 is 1. The monoisotopic (exact) mass is 357 g/mol. The van der Waals surface area contributed by atoms with Gasteiger partial charge in [0.05, 0.1) is 6.61 Å². The van der Waals surface area contributed by atoms with Crippen LogP contribution in [0.3, 0.4) is 0 Å². The third-order valence-electron chi connectivity index (χ3n) is 3.67. The van der Waals surface area contributed by atoms with Crippen LogP contribution in [0.1, 0.15) is 16.9 Å². The number of ether oxygens (including phenoxy) is 1. The second-order valence-corrected chi connectivity index (χ2v) is 6.16. The summed E-state index contributed by atoms with van der Waals surface area (Å²) in [7, 11) is 5.68. The van der Waals surface area contributed by atoms with E-state index in [1.165, 1.54) is 0 Å². The van der Waals surface area contributed by atoms with E-state index in [4.69, 9.17) is 4.74 Å². The summed E-state index contributed by atoms with van der Waals surface area (Å²) in [5.41, 5.74) is 1.21. The molecule has 7 nitrogen and oxygen atoms in total. The molecular formula is C19H27N5O2. The molecule has 2 N–H and O–H groups in total. The van der Waals surface area contributed by atoms with Crippen molar-refractivity contribution in [3.05, 3.63) is 42.1 Å². The first-order valence-electron chi connectivity index (χ1n) is 8.70. The Labute approximate surface area is 154 Å². The standard InChI is InChI=1S/C19H27N5O2/c1-24(2)12-7-10-20-17-14-16(19(25)21-11-13-26-3)22-18(23-17)15-8-5-4-6-9-15/h4-6,8-9,14H,7,10-13H2,1-3H3,(H,21,25)(H,20,22,23). The molecule has 0 aliphatic rings. The molecule has 1 aromatic carbocycles. The molecule has 1 heterocycles. The lowest BCUT2D eigenvalue weighted by molar-refractivity contribution is 0.0932. The van der Waals surface area contributed by atoms with Gasteiger partial charge in [-0.3, -0.25) is 4.79 Å². The number of aromatic nitrogens is 2. The zero-order chi connectivity index (χ0) is 18.8. The number of nitrogens with zero attached hydrogens (tertiary/aromatic N) is 3. The molecule has 0 saturated carbocycles. The zero-order valence-corrected chi connectivity index (χ0v) is 15.7. The van der Waals surface area contributed by atoms with Crippen LogP contribution in [0.5, 0.6) is 0 Å². The molecule has 0 unspecified atom stereocenters. The summed E-state index contributed by atoms with van der Waals surface area (Å²) in [6.45, 7) is 2.64. The third-order valence-corrected chi connectivity index (χ3v) is 3.67. The quantitative estimate of drug-likeness (QED) is 0.632. The Bertz CT molecular complexity index is 692. The lowest BCUT2D eigenvalue weighted by Crippen LogP contribution is -2.28. The molecule has 7 heteroatoms. The van der Waals surface area contributed by atoms with E-state index < -0.39 is 0 Å². The van der Waals surface area contributed by atoms with E-state index in [2.05, 4.69) is 25.5 Å². The van der Waals surface area contributed by atoms with Crippen LogP contribution in [0.4, 0.5) is 5.82 Å². The summed E-state index contributed by atoms with van der Waals surface area (Å²) in [4.78, 5) is 23.5. The van der Waals surface area contributed by atoms with Crippen molar-refractivity contribution in [3.63, 3.8) is 0 Å². The largest absolute Gasteiger partial charge is 0.383 e. The molecule has 26 heavy (non-hydrogen) atoms. The van der Waals surface area contributed by atoms with Crippen molar-refractivity contribution in [1.82, 2.24) is 20.2 Å². The molecule has 0 aliphatic heterocycles. The number of nitrogens with one attached hydrogen (secondary N) is 2. The van der Waals surface area contributed by atoms with Crippen LogP contribution in [0.15, 0.2) is 36.4 Å². The van der Waals surface area contributed by atoms with Gasteiger partial charge in [0.15, 0.2) is 5.82 Å². The van der Waals surface area contributed by atoms with Gasteiger partial charge >= 0.3 is 0 Å². The highest BCUT2D eigenvalue weighted by Crippen LogP contribution is 2.18. The van der Waals surface area contributed by atoms with Crippen molar-refractivity contribution >= 4 is 11.7 Å². The lowest BCUT2D eigenvalue weighted by Gasteiger charge is -2.12. The Kier molecular flexibility index (Phi) is 7.98. The molecule has 0 fully saturated rings. The molecule has 1 amide bonds. The molecule has 0 saturated heterocycles. The van der Waals surface area contributed by atoms with Crippen molar-refractivity contribution in [1.29, 1.82) is 0 Å². The maximum absolute atomic E-state index is 12.4. The average Bonchev–Trinajstić information content (AvgIpc) is 2.65. The third kappa shape index (κ3) is 6.42. The molecule has 0 bridgehead atoms. The van der Waals surface area contributed by atoms with Crippen LogP contribution in [-0.4, -0.2) is 68.2 Å². The predicted molar refractivity (Wildman–Crippen MR) is 103 cm³/mol. The normalized spacial score (nSPS) is 10.8. The van der Waals surface area contributed by atoms with Crippen molar-refractivity contribution < 1.29 is 9.53 Å². The zero-order valence-electron chi connectivity index (χ0n) is 15.7. The number of anilines is 1. The van der Waals surface area contributed by atoms with Gasteiger partial charge in [-0.15, -0.1) is 0 Å². The first-order chi connectivity index (χ1) is 12.6. The summed E-state index contributed by atoms with van der Waals surface area (Å²) in [5, 5.41) is 6.09. The van der Waals surface area contributed by atoms with E-state index in [0.717, 1.165) is 25.1 Å². The Balaban J connectivity index is 2.17. The number of carbonyl (C=O) groups is 1. The van der Waals surface area contributed by atoms with Gasteiger partial charge in [0, 0.05) is 31.8 Å². The van der Waals surface area contributed by atoms with Gasteiger partial charge in [0.1, 0.15) is 11.5 Å². The highest BCUT2D eigenvalue weighted by Gasteiger charge is 2.12. The van der Waals surface area contributed by atoms with E-state index in [1.807, 2.05) is 44.4 Å². The second-order valence-electron chi connectivity index (χ2n) is 6.16. The van der Waals surface area contributed by atoms with Gasteiger partial charge in [0.2, 0.25) is 0 Å². The molecule has 2 rings (SSSR count). The highest BCUT2D eigenvalue weighted by molar-refractivity contribution is 5.93. The van der Waals surface area contributed by atoms with E-state index in [0.29, 0.717) is 30.5 Å². The number of hydrogen-bond acceptors (Lipinski definition) is 6. The minimum atomic E-state index is -0.238. The average molecular weight is 357 g/mol. The molecule has 1 aromatic heterocycles. The number of hydrogen-bond donors (Lipinski definition) is 2. The van der Waals surface area contributed by atoms with E-state index in [-0.39, 0.29) is 5.91 Å². The Morgan fingerprint density at radius 3 is 2.62 bits per heavy atom. The van der Waals surface area contributed by atoms with E-state index in [1.54, 1.807) is 13.2 Å². The number of amides is 1. The summed E-state index contributed by atoms with van der Waals surface area (Å²) < 4.78 is 4.97. The van der Waals surface area contributed by atoms with Gasteiger partial charge in [-0.05, 0) is 27.1 Å². The van der Waals surface area contributed by atoms with Gasteiger partial charge in [-0.1, -0.05) is 30.3 Å². The van der Waals surface area contributed by atoms with E-state index >= 15 is 0 Å². The van der Waals surface area contributed by atoms with Gasteiger partial charge in [-0.2, -0.15) is 0 Å². The van der Waals surface area contributed by atoms with Gasteiger partial charge in [0.25, 0.3) is 5.91 Å². The molecule has 0 atom stereocenters. The molecule has 0 aliphatic carbocycles. The van der Waals surface area contributed by atoms with Crippen LogP contribution < -0.4 is 10.6 Å². The van der Waals surface area contributed by atoms with Crippen LogP contribution in [0.2, 0.25) is 0 Å². The maximum Gasteiger partial charge on any atom is 0.270 e. The Hall–Kier alpha value is -2.51. The molecule has 0 spiro atoms. The lowest BCUT2D eigenvalue weighted by atomic mass is 10.2. The molecule has 140 valence electrons. The smallest absolute Gasteiger partial charge is 0.270 e. The summed E-state index contributed by atoms with van der Waals surface area (Å²) in [6, 6.07) is 11.3. The number of carbonyl (C=O) groups excluding carboxylic acids is 1. The van der Waals surface area contributed by atoms with Crippen molar-refractivity contribution in [2.45, 2.75) is 6.42 Å². The van der Waals surface area contributed by atoms with Gasteiger partial charge in [-0.25, -0.2) is 9.97 Å². The summed E-state index contributed by atoms with van der Waals surface area (Å²) in [6.07, 6.45) is 0.979. The fourth-order valence-electron chi connectivity index (χ4n) is 2.34. The molecule has 2 aromatic rings. The van der Waals surface area contributed by atoms with Gasteiger partial charge < -0.3 is 20.3 Å². The summed E-state index contributed by atoms with van der Waals surface area (Å²) >= 11 is 0. The van der Waals surface area contributed by atoms with Crippen LogP contribution in [0, 0.1) is 0 Å². The fraction of sp³-hybridized carbons (Fsp3) is 0.421. The van der Waals surface area contributed by atoms with Crippen molar-refractivity contribution in [2.24, 2.45) is 0 Å². The Morgan fingerprint density at radius 1 is 1.15 bits per heavy atom. The fourth-order valence-corrected chi connectivity index (χ4v) is 2.34. The second kappa shape index (κ2) is 10.5. The minimum Gasteiger partial charge on any atom is -0.383 e. The maximum atomic E-state index is 12.4. The van der Waals surface area contributed by atoms with E-state index in [9.17, 15) is 4.79 Å². The van der Waals surface area contributed by atoms with Crippen molar-refractivity contribution in [3.8, 4) is 11.4 Å². The van der Waals surface area contributed by atoms with Crippen LogP contribution >= 0.6 is 0 Å². The first kappa shape index (κ1) is 19.8. The van der Waals surface area contributed by atoms with Crippen LogP contribution in [-0.2, 0) is 4.74 Å². The Morgan fingerprint density at radius 2 is 1.92 bits per heavy atom. The predicted octanol–water partition coefficient (Wildman–Crippen LogP) is 1.88. The SMILES string of the molecule is COCCNC(=O)c1cc(NCCCN(C)C)nc(-c2ccccc2)n1. The first-order valence-corrected chi connectivity index (χ1v) is 8.70. The highest BCUT2D eigenvalue weighted by atomic mass is 16.5. The molecule has 0 radical (unpaired) electrons.